The lowest BCUT2D eigenvalue weighted by Crippen LogP contribution is -2.40. The van der Waals surface area contributed by atoms with Crippen molar-refractivity contribution in [1.82, 2.24) is 14.9 Å². The Morgan fingerprint density at radius 1 is 1.06 bits per heavy atom. The van der Waals surface area contributed by atoms with Crippen LogP contribution in [0.4, 0.5) is 23.0 Å². The SMILES string of the molecule is CC(=O)N1CCC(Oc2ccc(-c3ccnc(Nc4ccc(N5CCOCC5)cc4)n3)cc2N)CC1. The van der Waals surface area contributed by atoms with Gasteiger partial charge in [-0.05, 0) is 48.5 Å². The molecule has 0 unspecified atom stereocenters. The van der Waals surface area contributed by atoms with Crippen molar-refractivity contribution >= 4 is 28.9 Å². The molecule has 36 heavy (non-hydrogen) atoms. The van der Waals surface area contributed by atoms with Crippen molar-refractivity contribution in [1.29, 1.82) is 0 Å². The predicted molar refractivity (Wildman–Crippen MR) is 141 cm³/mol. The molecule has 2 aliphatic heterocycles. The fourth-order valence-corrected chi connectivity index (χ4v) is 4.57. The number of piperidine rings is 1. The van der Waals surface area contributed by atoms with E-state index in [0.717, 1.165) is 56.1 Å². The van der Waals surface area contributed by atoms with E-state index in [1.807, 2.05) is 41.3 Å². The summed E-state index contributed by atoms with van der Waals surface area (Å²) in [6, 6.07) is 15.9. The number of nitrogens with zero attached hydrogens (tertiary/aromatic N) is 4. The van der Waals surface area contributed by atoms with Crippen LogP contribution >= 0.6 is 0 Å². The Bertz CT molecular complexity index is 1190. The number of ether oxygens (including phenoxy) is 2. The highest BCUT2D eigenvalue weighted by molar-refractivity contribution is 5.73. The molecule has 0 aliphatic carbocycles. The predicted octanol–water partition coefficient (Wildman–Crippen LogP) is 3.70. The minimum absolute atomic E-state index is 0.0539. The second-order valence-corrected chi connectivity index (χ2v) is 9.11. The van der Waals surface area contributed by atoms with E-state index in [1.165, 1.54) is 5.69 Å². The monoisotopic (exact) mass is 488 g/mol. The van der Waals surface area contributed by atoms with Gasteiger partial charge in [-0.15, -0.1) is 0 Å². The molecule has 2 aliphatic rings. The van der Waals surface area contributed by atoms with Gasteiger partial charge in [-0.1, -0.05) is 0 Å². The molecule has 3 heterocycles. The van der Waals surface area contributed by atoms with Gasteiger partial charge in [-0.25, -0.2) is 9.97 Å². The first-order chi connectivity index (χ1) is 17.5. The van der Waals surface area contributed by atoms with Crippen molar-refractivity contribution in [3.05, 3.63) is 54.7 Å². The van der Waals surface area contributed by atoms with Crippen LogP contribution in [0, 0.1) is 0 Å². The minimum atomic E-state index is 0.0539. The van der Waals surface area contributed by atoms with Crippen molar-refractivity contribution in [2.75, 3.05) is 55.3 Å². The smallest absolute Gasteiger partial charge is 0.227 e. The lowest BCUT2D eigenvalue weighted by molar-refractivity contribution is -0.130. The van der Waals surface area contributed by atoms with E-state index in [2.05, 4.69) is 32.3 Å². The molecule has 2 aromatic carbocycles. The van der Waals surface area contributed by atoms with Gasteiger partial charge in [0, 0.05) is 69.1 Å². The maximum atomic E-state index is 11.5. The number of nitrogens with one attached hydrogen (secondary N) is 1. The molecular formula is C27H32N6O3. The molecule has 0 atom stereocenters. The number of nitrogens with two attached hydrogens (primary N) is 1. The molecule has 188 valence electrons. The summed E-state index contributed by atoms with van der Waals surface area (Å²) in [6.07, 6.45) is 3.39. The average molecular weight is 489 g/mol. The summed E-state index contributed by atoms with van der Waals surface area (Å²) < 4.78 is 11.6. The first kappa shape index (κ1) is 23.9. The summed E-state index contributed by atoms with van der Waals surface area (Å²) in [5.74, 6) is 1.29. The molecule has 9 heteroatoms. The quantitative estimate of drug-likeness (QED) is 0.506. The topological polar surface area (TPSA) is 106 Å². The molecule has 2 saturated heterocycles. The number of amides is 1. The van der Waals surface area contributed by atoms with Crippen molar-refractivity contribution in [2.24, 2.45) is 0 Å². The van der Waals surface area contributed by atoms with E-state index in [1.54, 1.807) is 13.1 Å². The Morgan fingerprint density at radius 2 is 1.81 bits per heavy atom. The third-order valence-corrected chi connectivity index (χ3v) is 6.64. The van der Waals surface area contributed by atoms with E-state index in [4.69, 9.17) is 15.2 Å². The maximum absolute atomic E-state index is 11.5. The molecule has 2 fully saturated rings. The third kappa shape index (κ3) is 5.68. The van der Waals surface area contributed by atoms with Crippen LogP contribution in [-0.4, -0.2) is 66.3 Å². The molecule has 3 aromatic rings. The standard InChI is InChI=1S/C27H32N6O3/c1-19(34)32-12-9-23(10-13-32)36-26-7-2-20(18-24(26)28)25-8-11-29-27(31-25)30-21-3-5-22(6-4-21)33-14-16-35-17-15-33/h2-8,11,18,23H,9-10,12-17,28H2,1H3,(H,29,30,31). The van der Waals surface area contributed by atoms with Gasteiger partial charge in [0.15, 0.2) is 0 Å². The summed E-state index contributed by atoms with van der Waals surface area (Å²) in [5, 5.41) is 3.29. The second kappa shape index (κ2) is 10.8. The number of aromatic nitrogens is 2. The van der Waals surface area contributed by atoms with Crippen molar-refractivity contribution < 1.29 is 14.3 Å². The number of carbonyl (C=O) groups is 1. The zero-order valence-electron chi connectivity index (χ0n) is 20.5. The van der Waals surface area contributed by atoms with Gasteiger partial charge in [0.2, 0.25) is 11.9 Å². The molecule has 1 amide bonds. The number of benzene rings is 2. The number of morpholine rings is 1. The number of rotatable bonds is 6. The van der Waals surface area contributed by atoms with Crippen LogP contribution in [-0.2, 0) is 9.53 Å². The highest BCUT2D eigenvalue weighted by atomic mass is 16.5. The lowest BCUT2D eigenvalue weighted by atomic mass is 10.1. The molecule has 0 spiro atoms. The maximum Gasteiger partial charge on any atom is 0.227 e. The van der Waals surface area contributed by atoms with Crippen molar-refractivity contribution in [3.8, 4) is 17.0 Å². The van der Waals surface area contributed by atoms with Crippen molar-refractivity contribution in [3.63, 3.8) is 0 Å². The number of likely N-dealkylation sites (tertiary alicyclic amines) is 1. The number of hydrogen-bond donors (Lipinski definition) is 2. The second-order valence-electron chi connectivity index (χ2n) is 9.11. The Kier molecular flexibility index (Phi) is 7.18. The van der Waals surface area contributed by atoms with Crippen molar-refractivity contribution in [2.45, 2.75) is 25.9 Å². The lowest BCUT2D eigenvalue weighted by Gasteiger charge is -2.31. The number of carbonyl (C=O) groups excluding carboxylic acids is 1. The van der Waals surface area contributed by atoms with E-state index >= 15 is 0 Å². The molecular weight excluding hydrogens is 456 g/mol. The molecule has 3 N–H and O–H groups in total. The first-order valence-corrected chi connectivity index (χ1v) is 12.4. The highest BCUT2D eigenvalue weighted by Gasteiger charge is 2.22. The van der Waals surface area contributed by atoms with Gasteiger partial charge in [0.25, 0.3) is 0 Å². The molecule has 0 bridgehead atoms. The van der Waals surface area contributed by atoms with E-state index in [-0.39, 0.29) is 12.0 Å². The molecule has 1 aromatic heterocycles. The van der Waals surface area contributed by atoms with E-state index < -0.39 is 0 Å². The fourth-order valence-electron chi connectivity index (χ4n) is 4.57. The fraction of sp³-hybridized carbons (Fsp3) is 0.370. The van der Waals surface area contributed by atoms with Gasteiger partial charge < -0.3 is 30.3 Å². The zero-order chi connectivity index (χ0) is 24.9. The number of nitrogen functional groups attached to an aromatic ring is 1. The van der Waals surface area contributed by atoms with Crippen LogP contribution in [0.25, 0.3) is 11.3 Å². The summed E-state index contributed by atoms with van der Waals surface area (Å²) in [4.78, 5) is 24.8. The number of anilines is 4. The highest BCUT2D eigenvalue weighted by Crippen LogP contribution is 2.30. The summed E-state index contributed by atoms with van der Waals surface area (Å²) in [6.45, 7) is 6.37. The van der Waals surface area contributed by atoms with Crippen LogP contribution < -0.4 is 20.7 Å². The third-order valence-electron chi connectivity index (χ3n) is 6.64. The van der Waals surface area contributed by atoms with Gasteiger partial charge in [0.1, 0.15) is 11.9 Å². The molecule has 0 saturated carbocycles. The van der Waals surface area contributed by atoms with Crippen LogP contribution in [0.15, 0.2) is 54.7 Å². The summed E-state index contributed by atoms with van der Waals surface area (Å²) in [5.41, 5.74) is 10.6. The zero-order valence-corrected chi connectivity index (χ0v) is 20.5. The van der Waals surface area contributed by atoms with E-state index in [9.17, 15) is 4.79 Å². The van der Waals surface area contributed by atoms with Gasteiger partial charge in [0.05, 0.1) is 24.6 Å². The molecule has 0 radical (unpaired) electrons. The first-order valence-electron chi connectivity index (χ1n) is 12.4. The Hall–Kier alpha value is -3.85. The van der Waals surface area contributed by atoms with Gasteiger partial charge in [-0.3, -0.25) is 4.79 Å². The molecule has 5 rings (SSSR count). The Morgan fingerprint density at radius 3 is 2.50 bits per heavy atom. The van der Waals surface area contributed by atoms with Gasteiger partial charge in [-0.2, -0.15) is 0 Å². The number of hydrogen-bond acceptors (Lipinski definition) is 8. The average Bonchev–Trinajstić information content (AvgIpc) is 2.91. The largest absolute Gasteiger partial charge is 0.488 e. The van der Waals surface area contributed by atoms with Crippen LogP contribution in [0.1, 0.15) is 19.8 Å². The van der Waals surface area contributed by atoms with Crippen LogP contribution in [0.5, 0.6) is 5.75 Å². The van der Waals surface area contributed by atoms with Crippen LogP contribution in [0.3, 0.4) is 0 Å². The van der Waals surface area contributed by atoms with Gasteiger partial charge >= 0.3 is 0 Å². The van der Waals surface area contributed by atoms with E-state index in [0.29, 0.717) is 30.5 Å². The Balaban J connectivity index is 1.22. The summed E-state index contributed by atoms with van der Waals surface area (Å²) >= 11 is 0. The Labute approximate surface area is 211 Å². The normalized spacial score (nSPS) is 16.6. The molecule has 9 nitrogen and oxygen atoms in total. The summed E-state index contributed by atoms with van der Waals surface area (Å²) in [7, 11) is 0. The minimum Gasteiger partial charge on any atom is -0.488 e. The van der Waals surface area contributed by atoms with Crippen LogP contribution in [0.2, 0.25) is 0 Å².